The predicted molar refractivity (Wildman–Crippen MR) is 74.2 cm³/mol. The number of aliphatic carboxylic acids is 1. The normalized spacial score (nSPS) is 11.7. The summed E-state index contributed by atoms with van der Waals surface area (Å²) in [6.45, 7) is 3.77. The molecule has 0 atom stereocenters. The fourth-order valence-corrected chi connectivity index (χ4v) is 2.84. The fourth-order valence-electron chi connectivity index (χ4n) is 1.98. The van der Waals surface area contributed by atoms with E-state index in [9.17, 15) is 9.90 Å². The van der Waals surface area contributed by atoms with E-state index in [-0.39, 0.29) is 0 Å². The highest BCUT2D eigenvalue weighted by atomic mass is 32.1. The van der Waals surface area contributed by atoms with Crippen molar-refractivity contribution >= 4 is 33.4 Å². The molecule has 0 spiro atoms. The van der Waals surface area contributed by atoms with E-state index in [2.05, 4.69) is 9.69 Å². The second-order valence-electron chi connectivity index (χ2n) is 4.25. The van der Waals surface area contributed by atoms with Crippen LogP contribution in [0.4, 0.5) is 5.00 Å². The SMILES string of the molecule is CCC(CC)(Nc1snc2ccccc12)C(=O)O. The molecule has 0 fully saturated rings. The van der Waals surface area contributed by atoms with Gasteiger partial charge in [0.15, 0.2) is 0 Å². The lowest BCUT2D eigenvalue weighted by molar-refractivity contribution is -0.142. The Bertz CT molecular complexity index is 561. The Kier molecular flexibility index (Phi) is 3.52. The Morgan fingerprint density at radius 3 is 2.67 bits per heavy atom. The van der Waals surface area contributed by atoms with Crippen LogP contribution in [0.2, 0.25) is 0 Å². The molecule has 96 valence electrons. The average molecular weight is 264 g/mol. The first kappa shape index (κ1) is 12.8. The minimum atomic E-state index is -0.907. The molecular weight excluding hydrogens is 248 g/mol. The zero-order valence-electron chi connectivity index (χ0n) is 10.4. The molecule has 0 aliphatic rings. The van der Waals surface area contributed by atoms with Crippen molar-refractivity contribution in [2.45, 2.75) is 32.2 Å². The summed E-state index contributed by atoms with van der Waals surface area (Å²) in [7, 11) is 0. The van der Waals surface area contributed by atoms with Gasteiger partial charge in [0.05, 0.1) is 5.52 Å². The average Bonchev–Trinajstić information content (AvgIpc) is 2.79. The first-order chi connectivity index (χ1) is 8.63. The van der Waals surface area contributed by atoms with Gasteiger partial charge in [-0.05, 0) is 36.5 Å². The lowest BCUT2D eigenvalue weighted by Gasteiger charge is -2.28. The maximum absolute atomic E-state index is 11.5. The smallest absolute Gasteiger partial charge is 0.329 e. The van der Waals surface area contributed by atoms with Crippen molar-refractivity contribution in [3.63, 3.8) is 0 Å². The van der Waals surface area contributed by atoms with Crippen LogP contribution in [0.5, 0.6) is 0 Å². The number of hydrogen-bond donors (Lipinski definition) is 2. The summed E-state index contributed by atoms with van der Waals surface area (Å²) in [5.41, 5.74) is -0.00790. The van der Waals surface area contributed by atoms with Crippen LogP contribution in [-0.4, -0.2) is 21.0 Å². The van der Waals surface area contributed by atoms with E-state index >= 15 is 0 Å². The third-order valence-corrected chi connectivity index (χ3v) is 4.15. The molecule has 4 nitrogen and oxygen atoms in total. The Labute approximate surface area is 110 Å². The molecule has 0 unspecified atom stereocenters. The van der Waals surface area contributed by atoms with Crippen LogP contribution >= 0.6 is 11.5 Å². The third-order valence-electron chi connectivity index (χ3n) is 3.35. The molecule has 18 heavy (non-hydrogen) atoms. The summed E-state index contributed by atoms with van der Waals surface area (Å²) in [5, 5.41) is 14.4. The quantitative estimate of drug-likeness (QED) is 0.869. The lowest BCUT2D eigenvalue weighted by atomic mass is 9.93. The maximum atomic E-state index is 11.5. The summed E-state index contributed by atoms with van der Waals surface area (Å²) >= 11 is 1.31. The van der Waals surface area contributed by atoms with Gasteiger partial charge in [0, 0.05) is 5.39 Å². The lowest BCUT2D eigenvalue weighted by Crippen LogP contribution is -2.45. The van der Waals surface area contributed by atoms with E-state index in [0.717, 1.165) is 15.9 Å². The van der Waals surface area contributed by atoms with Gasteiger partial charge >= 0.3 is 5.97 Å². The molecule has 1 aromatic heterocycles. The number of carbonyl (C=O) groups is 1. The molecule has 0 aliphatic heterocycles. The number of carboxylic acids is 1. The number of hydrogen-bond acceptors (Lipinski definition) is 4. The molecule has 0 saturated heterocycles. The number of nitrogens with zero attached hydrogens (tertiary/aromatic N) is 1. The summed E-state index contributed by atoms with van der Waals surface area (Å²) in [6.07, 6.45) is 1.07. The monoisotopic (exact) mass is 264 g/mol. The molecule has 2 aromatic rings. The largest absolute Gasteiger partial charge is 0.480 e. The molecule has 0 bridgehead atoms. The molecule has 0 aliphatic carbocycles. The van der Waals surface area contributed by atoms with Crippen LogP contribution < -0.4 is 5.32 Å². The maximum Gasteiger partial charge on any atom is 0.329 e. The number of benzene rings is 1. The molecule has 0 radical (unpaired) electrons. The second-order valence-corrected chi connectivity index (χ2v) is 5.02. The number of nitrogens with one attached hydrogen (secondary N) is 1. The van der Waals surface area contributed by atoms with E-state index < -0.39 is 11.5 Å². The van der Waals surface area contributed by atoms with Crippen LogP contribution in [0.1, 0.15) is 26.7 Å². The van der Waals surface area contributed by atoms with Crippen molar-refractivity contribution in [1.82, 2.24) is 4.37 Å². The number of carboxylic acid groups (broad SMARTS) is 1. The van der Waals surface area contributed by atoms with Crippen molar-refractivity contribution in [3.8, 4) is 0 Å². The Balaban J connectivity index is 2.40. The first-order valence-corrected chi connectivity index (χ1v) is 6.76. The molecule has 2 N–H and O–H groups in total. The minimum absolute atomic E-state index is 0.533. The highest BCUT2D eigenvalue weighted by molar-refractivity contribution is 7.11. The van der Waals surface area contributed by atoms with Crippen LogP contribution in [0, 0.1) is 0 Å². The Morgan fingerprint density at radius 2 is 2.06 bits per heavy atom. The number of anilines is 1. The summed E-state index contributed by atoms with van der Waals surface area (Å²) in [4.78, 5) is 11.5. The van der Waals surface area contributed by atoms with Gasteiger partial charge in [-0.2, -0.15) is 4.37 Å². The molecule has 0 amide bonds. The van der Waals surface area contributed by atoms with E-state index in [1.165, 1.54) is 11.5 Å². The van der Waals surface area contributed by atoms with Crippen molar-refractivity contribution in [2.24, 2.45) is 0 Å². The number of aromatic nitrogens is 1. The summed E-state index contributed by atoms with van der Waals surface area (Å²) < 4.78 is 4.32. The molecule has 1 aromatic carbocycles. The zero-order chi connectivity index (χ0) is 13.2. The molecule has 1 heterocycles. The van der Waals surface area contributed by atoms with Gasteiger partial charge in [0.2, 0.25) is 0 Å². The molecule has 5 heteroatoms. The van der Waals surface area contributed by atoms with E-state index in [0.29, 0.717) is 12.8 Å². The fraction of sp³-hybridized carbons (Fsp3) is 0.385. The predicted octanol–water partition coefficient (Wildman–Crippen LogP) is 3.35. The van der Waals surface area contributed by atoms with E-state index in [1.54, 1.807) is 0 Å². The first-order valence-electron chi connectivity index (χ1n) is 5.99. The van der Waals surface area contributed by atoms with Gasteiger partial charge < -0.3 is 10.4 Å². The van der Waals surface area contributed by atoms with E-state index in [4.69, 9.17) is 0 Å². The Morgan fingerprint density at radius 1 is 1.39 bits per heavy atom. The van der Waals surface area contributed by atoms with E-state index in [1.807, 2.05) is 38.1 Å². The van der Waals surface area contributed by atoms with Gasteiger partial charge in [-0.15, -0.1) is 0 Å². The molecule has 2 rings (SSSR count). The highest BCUT2D eigenvalue weighted by Crippen LogP contribution is 2.32. The molecule has 0 saturated carbocycles. The Hall–Kier alpha value is -1.62. The highest BCUT2D eigenvalue weighted by Gasteiger charge is 2.35. The van der Waals surface area contributed by atoms with Crippen molar-refractivity contribution in [3.05, 3.63) is 24.3 Å². The third kappa shape index (κ3) is 2.06. The molecular formula is C13H16N2O2S. The van der Waals surface area contributed by atoms with Gasteiger partial charge in [-0.1, -0.05) is 26.0 Å². The summed E-state index contributed by atoms with van der Waals surface area (Å²) in [6, 6.07) is 7.74. The van der Waals surface area contributed by atoms with Gasteiger partial charge in [-0.25, -0.2) is 4.79 Å². The van der Waals surface area contributed by atoms with Gasteiger partial charge in [0.1, 0.15) is 10.5 Å². The zero-order valence-corrected chi connectivity index (χ0v) is 11.3. The second kappa shape index (κ2) is 4.94. The van der Waals surface area contributed by atoms with Crippen molar-refractivity contribution in [2.75, 3.05) is 5.32 Å². The van der Waals surface area contributed by atoms with Crippen LogP contribution in [-0.2, 0) is 4.79 Å². The summed E-state index contributed by atoms with van der Waals surface area (Å²) in [5.74, 6) is -0.815. The minimum Gasteiger partial charge on any atom is -0.480 e. The number of fused-ring (bicyclic) bond motifs is 1. The van der Waals surface area contributed by atoms with Crippen LogP contribution in [0.25, 0.3) is 10.9 Å². The van der Waals surface area contributed by atoms with Crippen molar-refractivity contribution < 1.29 is 9.90 Å². The van der Waals surface area contributed by atoms with Gasteiger partial charge in [-0.3, -0.25) is 0 Å². The number of rotatable bonds is 5. The topological polar surface area (TPSA) is 62.2 Å². The van der Waals surface area contributed by atoms with Gasteiger partial charge in [0.25, 0.3) is 0 Å². The van der Waals surface area contributed by atoms with Crippen LogP contribution in [0.3, 0.4) is 0 Å². The van der Waals surface area contributed by atoms with Crippen molar-refractivity contribution in [1.29, 1.82) is 0 Å². The standard InChI is InChI=1S/C13H16N2O2S/c1-3-13(4-2,12(16)17)14-11-9-7-5-6-8-10(9)15-18-11/h5-8,14H,3-4H2,1-2H3,(H,16,17). The van der Waals surface area contributed by atoms with Crippen LogP contribution in [0.15, 0.2) is 24.3 Å².